The predicted molar refractivity (Wildman–Crippen MR) is 83.8 cm³/mol. The molecule has 0 spiro atoms. The van der Waals surface area contributed by atoms with E-state index in [1.54, 1.807) is 6.07 Å². The summed E-state index contributed by atoms with van der Waals surface area (Å²) in [5.74, 6) is 3.57. The van der Waals surface area contributed by atoms with E-state index in [-0.39, 0.29) is 0 Å². The number of hydrogen-bond donors (Lipinski definition) is 1. The normalized spacial score (nSPS) is 14.5. The van der Waals surface area contributed by atoms with Crippen molar-refractivity contribution in [1.29, 1.82) is 0 Å². The van der Waals surface area contributed by atoms with Crippen molar-refractivity contribution in [2.24, 2.45) is 0 Å². The van der Waals surface area contributed by atoms with E-state index in [1.165, 1.54) is 5.56 Å². The molecule has 0 atom stereocenters. The molecule has 0 saturated heterocycles. The smallest absolute Gasteiger partial charge is 0.224 e. The first-order chi connectivity index (χ1) is 10.0. The molecule has 2 N–H and O–H groups in total. The Morgan fingerprint density at radius 2 is 1.95 bits per heavy atom. The molecule has 1 aliphatic carbocycles. The zero-order valence-corrected chi connectivity index (χ0v) is 12.8. The van der Waals surface area contributed by atoms with Crippen molar-refractivity contribution < 1.29 is 4.74 Å². The van der Waals surface area contributed by atoms with Crippen LogP contribution in [0.1, 0.15) is 55.5 Å². The molecule has 1 aliphatic rings. The van der Waals surface area contributed by atoms with Crippen LogP contribution in [0.5, 0.6) is 11.6 Å². The number of aromatic nitrogens is 2. The average Bonchev–Trinajstić information content (AvgIpc) is 3.24. The highest BCUT2D eigenvalue weighted by molar-refractivity contribution is 5.42. The lowest BCUT2D eigenvalue weighted by Crippen LogP contribution is -2.01. The molecule has 110 valence electrons. The van der Waals surface area contributed by atoms with Gasteiger partial charge in [-0.25, -0.2) is 4.98 Å². The highest BCUT2D eigenvalue weighted by atomic mass is 16.5. The molecule has 4 heteroatoms. The van der Waals surface area contributed by atoms with Crippen LogP contribution in [-0.2, 0) is 0 Å². The minimum atomic E-state index is 0.457. The second-order valence-electron chi connectivity index (χ2n) is 6.05. The van der Waals surface area contributed by atoms with E-state index in [9.17, 15) is 0 Å². The molecule has 4 nitrogen and oxygen atoms in total. The Kier molecular flexibility index (Phi) is 3.53. The number of nitrogens with zero attached hydrogens (tertiary/aromatic N) is 2. The lowest BCUT2D eigenvalue weighted by atomic mass is 10.0. The molecule has 0 unspecified atom stereocenters. The first-order valence-corrected chi connectivity index (χ1v) is 7.46. The Hall–Kier alpha value is -2.10. The van der Waals surface area contributed by atoms with E-state index in [1.807, 2.05) is 6.92 Å². The van der Waals surface area contributed by atoms with Crippen molar-refractivity contribution in [1.82, 2.24) is 9.97 Å². The molecule has 1 saturated carbocycles. The van der Waals surface area contributed by atoms with Gasteiger partial charge < -0.3 is 10.5 Å². The van der Waals surface area contributed by atoms with Crippen molar-refractivity contribution in [2.75, 3.05) is 5.73 Å². The van der Waals surface area contributed by atoms with E-state index in [0.29, 0.717) is 23.5 Å². The topological polar surface area (TPSA) is 61.0 Å². The fourth-order valence-electron chi connectivity index (χ4n) is 2.24. The molecule has 0 amide bonds. The highest BCUT2D eigenvalue weighted by Crippen LogP contribution is 2.39. The summed E-state index contributed by atoms with van der Waals surface area (Å²) in [5.41, 5.74) is 8.20. The summed E-state index contributed by atoms with van der Waals surface area (Å²) in [6.45, 7) is 6.37. The zero-order chi connectivity index (χ0) is 15.0. The lowest BCUT2D eigenvalue weighted by molar-refractivity contribution is 0.455. The van der Waals surface area contributed by atoms with Gasteiger partial charge in [0.15, 0.2) is 0 Å². The number of nitrogens with two attached hydrogens (primary N) is 1. The summed E-state index contributed by atoms with van der Waals surface area (Å²) in [6, 6.07) is 7.98. The van der Waals surface area contributed by atoms with Gasteiger partial charge in [0.1, 0.15) is 17.4 Å². The van der Waals surface area contributed by atoms with Crippen LogP contribution < -0.4 is 10.5 Å². The number of anilines is 1. The number of aryl methyl sites for hydroxylation is 1. The number of nitrogen functional groups attached to an aromatic ring is 1. The van der Waals surface area contributed by atoms with Crippen molar-refractivity contribution >= 4 is 5.82 Å². The van der Waals surface area contributed by atoms with Gasteiger partial charge in [0, 0.05) is 12.0 Å². The van der Waals surface area contributed by atoms with Gasteiger partial charge in [-0.15, -0.1) is 0 Å². The van der Waals surface area contributed by atoms with Gasteiger partial charge in [0.2, 0.25) is 5.88 Å². The second-order valence-corrected chi connectivity index (χ2v) is 6.05. The summed E-state index contributed by atoms with van der Waals surface area (Å²) in [6.07, 6.45) is 2.29. The van der Waals surface area contributed by atoms with E-state index in [2.05, 4.69) is 42.0 Å². The van der Waals surface area contributed by atoms with Crippen LogP contribution >= 0.6 is 0 Å². The molecule has 3 rings (SSSR count). The summed E-state index contributed by atoms with van der Waals surface area (Å²) in [4.78, 5) is 8.79. The molecule has 1 fully saturated rings. The van der Waals surface area contributed by atoms with E-state index in [4.69, 9.17) is 10.5 Å². The molecular formula is C17H21N3O. The lowest BCUT2D eigenvalue weighted by Gasteiger charge is -2.12. The van der Waals surface area contributed by atoms with Crippen LogP contribution in [0.3, 0.4) is 0 Å². The molecule has 0 bridgehead atoms. The average molecular weight is 283 g/mol. The fourth-order valence-corrected chi connectivity index (χ4v) is 2.24. The summed E-state index contributed by atoms with van der Waals surface area (Å²) in [5, 5.41) is 0. The van der Waals surface area contributed by atoms with Crippen molar-refractivity contribution in [2.45, 2.75) is 45.4 Å². The summed E-state index contributed by atoms with van der Waals surface area (Å²) < 4.78 is 5.97. The van der Waals surface area contributed by atoms with E-state index >= 15 is 0 Å². The Labute approximate surface area is 125 Å². The summed E-state index contributed by atoms with van der Waals surface area (Å²) >= 11 is 0. The zero-order valence-electron chi connectivity index (χ0n) is 12.8. The third-order valence-electron chi connectivity index (χ3n) is 3.78. The predicted octanol–water partition coefficient (Wildman–Crippen LogP) is 4.16. The standard InChI is InChI=1S/C17H21N3O/c1-10(2)13-5-4-11(3)14(8-13)21-16-9-15(18)19-17(20-16)12-6-7-12/h4-5,8-10,12H,6-7H2,1-3H3,(H2,18,19,20). The minimum Gasteiger partial charge on any atom is -0.439 e. The maximum Gasteiger partial charge on any atom is 0.224 e. The SMILES string of the molecule is Cc1ccc(C(C)C)cc1Oc1cc(N)nc(C2CC2)n1. The van der Waals surface area contributed by atoms with E-state index in [0.717, 1.165) is 30.0 Å². The fraction of sp³-hybridized carbons (Fsp3) is 0.412. The Bertz CT molecular complexity index is 663. The van der Waals surface area contributed by atoms with Gasteiger partial charge in [-0.2, -0.15) is 4.98 Å². The van der Waals surface area contributed by atoms with E-state index < -0.39 is 0 Å². The molecule has 2 aromatic rings. The molecule has 1 heterocycles. The van der Waals surface area contributed by atoms with Crippen LogP contribution in [0, 0.1) is 6.92 Å². The quantitative estimate of drug-likeness (QED) is 0.915. The first-order valence-electron chi connectivity index (χ1n) is 7.46. The van der Waals surface area contributed by atoms with Gasteiger partial charge in [0.25, 0.3) is 0 Å². The number of benzene rings is 1. The van der Waals surface area contributed by atoms with Gasteiger partial charge in [-0.3, -0.25) is 0 Å². The largest absolute Gasteiger partial charge is 0.439 e. The molecule has 21 heavy (non-hydrogen) atoms. The van der Waals surface area contributed by atoms with Gasteiger partial charge in [-0.05, 0) is 42.9 Å². The summed E-state index contributed by atoms with van der Waals surface area (Å²) in [7, 11) is 0. The highest BCUT2D eigenvalue weighted by Gasteiger charge is 2.27. The Balaban J connectivity index is 1.90. The Morgan fingerprint density at radius 3 is 2.62 bits per heavy atom. The van der Waals surface area contributed by atoms with Gasteiger partial charge >= 0.3 is 0 Å². The molecular weight excluding hydrogens is 262 g/mol. The molecule has 0 radical (unpaired) electrons. The third-order valence-corrected chi connectivity index (χ3v) is 3.78. The monoisotopic (exact) mass is 283 g/mol. The second kappa shape index (κ2) is 5.35. The number of rotatable bonds is 4. The van der Waals surface area contributed by atoms with Gasteiger partial charge in [-0.1, -0.05) is 26.0 Å². The first kappa shape index (κ1) is 13.9. The molecule has 1 aromatic heterocycles. The van der Waals surface area contributed by atoms with Crippen molar-refractivity contribution in [3.63, 3.8) is 0 Å². The van der Waals surface area contributed by atoms with Crippen LogP contribution in [-0.4, -0.2) is 9.97 Å². The van der Waals surface area contributed by atoms with Gasteiger partial charge in [0.05, 0.1) is 0 Å². The molecule has 0 aliphatic heterocycles. The van der Waals surface area contributed by atoms with Crippen molar-refractivity contribution in [3.05, 3.63) is 41.2 Å². The maximum atomic E-state index is 5.97. The van der Waals surface area contributed by atoms with Crippen molar-refractivity contribution in [3.8, 4) is 11.6 Å². The number of hydrogen-bond acceptors (Lipinski definition) is 4. The third kappa shape index (κ3) is 3.15. The minimum absolute atomic E-state index is 0.457. The number of ether oxygens (including phenoxy) is 1. The van der Waals surface area contributed by atoms with Crippen LogP contribution in [0.15, 0.2) is 24.3 Å². The molecule has 1 aromatic carbocycles. The maximum absolute atomic E-state index is 5.97. The Morgan fingerprint density at radius 1 is 1.19 bits per heavy atom. The van der Waals surface area contributed by atoms with Crippen LogP contribution in [0.25, 0.3) is 0 Å². The van der Waals surface area contributed by atoms with Crippen LogP contribution in [0.2, 0.25) is 0 Å². The van der Waals surface area contributed by atoms with Crippen LogP contribution in [0.4, 0.5) is 5.82 Å².